The molecule has 1 rings (SSSR count). The van der Waals surface area contributed by atoms with Crippen LogP contribution >= 0.6 is 7.37 Å². The zero-order valence-electron chi connectivity index (χ0n) is 8.36. The van der Waals surface area contributed by atoms with Crippen molar-refractivity contribution in [3.8, 4) is 0 Å². The maximum Gasteiger partial charge on any atom is 0.213 e. The monoisotopic (exact) mass is 207 g/mol. The van der Waals surface area contributed by atoms with Crippen LogP contribution in [0.3, 0.4) is 0 Å². The van der Waals surface area contributed by atoms with E-state index in [4.69, 9.17) is 9.26 Å². The standard InChI is InChI=1S/C8H18NO3P/c1-3-12-13(2,10)8-9-4-6-11-7-5-9/h3-8H2,1-2H3. The van der Waals surface area contributed by atoms with Crippen LogP contribution in [0.2, 0.25) is 0 Å². The van der Waals surface area contributed by atoms with Crippen molar-refractivity contribution in [1.82, 2.24) is 4.90 Å². The highest BCUT2D eigenvalue weighted by atomic mass is 31.2. The molecule has 0 radical (unpaired) electrons. The first-order valence-corrected chi connectivity index (χ1v) is 6.91. The van der Waals surface area contributed by atoms with Crippen LogP contribution in [-0.2, 0) is 13.8 Å². The summed E-state index contributed by atoms with van der Waals surface area (Å²) in [7, 11) is -2.39. The minimum absolute atomic E-state index is 0.526. The second-order valence-electron chi connectivity index (χ2n) is 3.30. The Morgan fingerprint density at radius 3 is 2.62 bits per heavy atom. The van der Waals surface area contributed by atoms with E-state index in [0.29, 0.717) is 12.9 Å². The first-order valence-electron chi connectivity index (χ1n) is 4.65. The van der Waals surface area contributed by atoms with Crippen LogP contribution in [0.4, 0.5) is 0 Å². The molecule has 0 N–H and O–H groups in total. The van der Waals surface area contributed by atoms with Crippen molar-refractivity contribution in [2.75, 3.05) is 45.9 Å². The second-order valence-corrected chi connectivity index (χ2v) is 5.87. The van der Waals surface area contributed by atoms with Crippen molar-refractivity contribution in [1.29, 1.82) is 0 Å². The van der Waals surface area contributed by atoms with Gasteiger partial charge in [-0.25, -0.2) is 0 Å². The third kappa shape index (κ3) is 4.23. The fraction of sp³-hybridized carbons (Fsp3) is 1.00. The third-order valence-corrected chi connectivity index (χ3v) is 3.68. The first kappa shape index (κ1) is 11.2. The van der Waals surface area contributed by atoms with Crippen LogP contribution in [0.25, 0.3) is 0 Å². The summed E-state index contributed by atoms with van der Waals surface area (Å²) in [6.45, 7) is 7.31. The number of hydrogen-bond acceptors (Lipinski definition) is 4. The Morgan fingerprint density at radius 2 is 2.08 bits per heavy atom. The second kappa shape index (κ2) is 5.11. The molecule has 0 aromatic heterocycles. The summed E-state index contributed by atoms with van der Waals surface area (Å²) in [5.74, 6) is 0. The molecule has 0 aromatic carbocycles. The molecule has 4 nitrogen and oxygen atoms in total. The Bertz CT molecular complexity index is 192. The molecule has 1 aliphatic rings. The van der Waals surface area contributed by atoms with Crippen molar-refractivity contribution < 1.29 is 13.8 Å². The minimum atomic E-state index is -2.39. The van der Waals surface area contributed by atoms with Gasteiger partial charge in [0.15, 0.2) is 0 Å². The SMILES string of the molecule is CCOP(C)(=O)CN1CCOCC1. The summed E-state index contributed by atoms with van der Waals surface area (Å²) < 4.78 is 22.2. The van der Waals surface area contributed by atoms with E-state index in [1.165, 1.54) is 0 Å². The highest BCUT2D eigenvalue weighted by Crippen LogP contribution is 2.42. The Balaban J connectivity index is 2.32. The van der Waals surface area contributed by atoms with Crippen molar-refractivity contribution in [3.63, 3.8) is 0 Å². The lowest BCUT2D eigenvalue weighted by Crippen LogP contribution is -2.36. The summed E-state index contributed by atoms with van der Waals surface area (Å²) in [4.78, 5) is 2.14. The van der Waals surface area contributed by atoms with Crippen molar-refractivity contribution in [3.05, 3.63) is 0 Å². The molecule has 1 heterocycles. The number of rotatable bonds is 4. The lowest BCUT2D eigenvalue weighted by molar-refractivity contribution is 0.0449. The molecular formula is C8H18NO3P. The van der Waals surface area contributed by atoms with Crippen LogP contribution < -0.4 is 0 Å². The van der Waals surface area contributed by atoms with Gasteiger partial charge in [0.2, 0.25) is 7.37 Å². The molecule has 0 aliphatic carbocycles. The summed E-state index contributed by atoms with van der Waals surface area (Å²) in [5, 5.41) is 0. The molecule has 0 saturated carbocycles. The van der Waals surface area contributed by atoms with E-state index < -0.39 is 7.37 Å². The Morgan fingerprint density at radius 1 is 1.46 bits per heavy atom. The van der Waals surface area contributed by atoms with Crippen molar-refractivity contribution >= 4 is 7.37 Å². The predicted octanol–water partition coefficient (Wildman–Crippen LogP) is 1.22. The molecule has 1 fully saturated rings. The average molecular weight is 207 g/mol. The van der Waals surface area contributed by atoms with Crippen LogP contribution in [0.1, 0.15) is 6.92 Å². The number of ether oxygens (including phenoxy) is 1. The number of hydrogen-bond donors (Lipinski definition) is 0. The van der Waals surface area contributed by atoms with Gasteiger partial charge in [-0.3, -0.25) is 9.46 Å². The van der Waals surface area contributed by atoms with Gasteiger partial charge < -0.3 is 9.26 Å². The molecule has 0 spiro atoms. The van der Waals surface area contributed by atoms with Gasteiger partial charge in [-0.1, -0.05) is 0 Å². The number of morpholine rings is 1. The van der Waals surface area contributed by atoms with Crippen LogP contribution in [0.15, 0.2) is 0 Å². The van der Waals surface area contributed by atoms with Crippen LogP contribution in [-0.4, -0.2) is 50.8 Å². The molecule has 13 heavy (non-hydrogen) atoms. The van der Waals surface area contributed by atoms with E-state index in [-0.39, 0.29) is 0 Å². The molecule has 0 aromatic rings. The lowest BCUT2D eigenvalue weighted by atomic mass is 10.5. The van der Waals surface area contributed by atoms with E-state index in [1.54, 1.807) is 6.66 Å². The van der Waals surface area contributed by atoms with E-state index in [1.807, 2.05) is 6.92 Å². The minimum Gasteiger partial charge on any atom is -0.379 e. The Kier molecular flexibility index (Phi) is 4.39. The zero-order chi connectivity index (χ0) is 9.73. The molecule has 0 amide bonds. The molecule has 1 saturated heterocycles. The quantitative estimate of drug-likeness (QED) is 0.650. The van der Waals surface area contributed by atoms with Gasteiger partial charge in [0, 0.05) is 19.8 Å². The summed E-state index contributed by atoms with van der Waals surface area (Å²) in [6, 6.07) is 0. The van der Waals surface area contributed by atoms with E-state index >= 15 is 0 Å². The Hall–Kier alpha value is 0.110. The van der Waals surface area contributed by atoms with Gasteiger partial charge >= 0.3 is 0 Å². The zero-order valence-corrected chi connectivity index (χ0v) is 9.26. The van der Waals surface area contributed by atoms with Gasteiger partial charge in [-0.15, -0.1) is 0 Å². The van der Waals surface area contributed by atoms with E-state index in [0.717, 1.165) is 26.3 Å². The highest BCUT2D eigenvalue weighted by Gasteiger charge is 2.21. The molecule has 1 aliphatic heterocycles. The van der Waals surface area contributed by atoms with Crippen LogP contribution in [0, 0.1) is 0 Å². The number of nitrogens with zero attached hydrogens (tertiary/aromatic N) is 1. The summed E-state index contributed by atoms with van der Waals surface area (Å²) in [6.07, 6.45) is 0.560. The molecule has 0 bridgehead atoms. The highest BCUT2D eigenvalue weighted by molar-refractivity contribution is 7.58. The van der Waals surface area contributed by atoms with Crippen molar-refractivity contribution in [2.24, 2.45) is 0 Å². The molecule has 78 valence electrons. The summed E-state index contributed by atoms with van der Waals surface area (Å²) in [5.41, 5.74) is 0. The smallest absolute Gasteiger partial charge is 0.213 e. The molecule has 1 unspecified atom stereocenters. The van der Waals surface area contributed by atoms with E-state index in [2.05, 4.69) is 4.90 Å². The molecule has 5 heteroatoms. The first-order chi connectivity index (χ1) is 6.14. The molecular weight excluding hydrogens is 189 g/mol. The largest absolute Gasteiger partial charge is 0.379 e. The average Bonchev–Trinajstić information content (AvgIpc) is 2.04. The maximum atomic E-state index is 11.8. The fourth-order valence-corrected chi connectivity index (χ4v) is 3.06. The maximum absolute atomic E-state index is 11.8. The van der Waals surface area contributed by atoms with Gasteiger partial charge in [-0.2, -0.15) is 0 Å². The van der Waals surface area contributed by atoms with Gasteiger partial charge in [-0.05, 0) is 6.92 Å². The topological polar surface area (TPSA) is 38.8 Å². The predicted molar refractivity (Wildman–Crippen MR) is 52.4 cm³/mol. The normalized spacial score (nSPS) is 24.2. The van der Waals surface area contributed by atoms with Crippen molar-refractivity contribution in [2.45, 2.75) is 6.92 Å². The van der Waals surface area contributed by atoms with E-state index in [9.17, 15) is 4.57 Å². The fourth-order valence-electron chi connectivity index (χ4n) is 1.42. The third-order valence-electron chi connectivity index (χ3n) is 1.96. The van der Waals surface area contributed by atoms with Gasteiger partial charge in [0.25, 0.3) is 0 Å². The molecule has 1 atom stereocenters. The van der Waals surface area contributed by atoms with Crippen LogP contribution in [0.5, 0.6) is 0 Å². The lowest BCUT2D eigenvalue weighted by Gasteiger charge is -2.28. The Labute approximate surface area is 79.7 Å². The van der Waals surface area contributed by atoms with Gasteiger partial charge in [0.1, 0.15) is 0 Å². The van der Waals surface area contributed by atoms with Gasteiger partial charge in [0.05, 0.1) is 26.1 Å². The summed E-state index contributed by atoms with van der Waals surface area (Å²) >= 11 is 0.